The second-order valence-corrected chi connectivity index (χ2v) is 8.62. The molecule has 1 aliphatic heterocycles. The number of nitrogens with one attached hydrogen (secondary N) is 2. The zero-order valence-electron chi connectivity index (χ0n) is 15.8. The lowest BCUT2D eigenvalue weighted by Crippen LogP contribution is -2.50. The number of pyridine rings is 1. The summed E-state index contributed by atoms with van der Waals surface area (Å²) in [5.41, 5.74) is 0. The number of rotatable bonds is 10. The van der Waals surface area contributed by atoms with E-state index in [0.717, 1.165) is 12.2 Å². The van der Waals surface area contributed by atoms with Crippen LogP contribution in [0.1, 0.15) is 13.3 Å². The van der Waals surface area contributed by atoms with Crippen molar-refractivity contribution in [2.45, 2.75) is 13.3 Å². The van der Waals surface area contributed by atoms with Crippen molar-refractivity contribution in [1.82, 2.24) is 19.9 Å². The smallest absolute Gasteiger partial charge is 0.215 e. The number of sulfonamides is 1. The SMILES string of the molecule is CCOCCCNC(=S)NCCS(=O)(=O)N1CCN(c2ccccn2)CC1. The number of aromatic nitrogens is 1. The van der Waals surface area contributed by atoms with E-state index in [1.165, 1.54) is 0 Å². The summed E-state index contributed by atoms with van der Waals surface area (Å²) in [6.07, 6.45) is 2.60. The summed E-state index contributed by atoms with van der Waals surface area (Å²) in [4.78, 5) is 6.42. The second kappa shape index (κ2) is 11.4. The van der Waals surface area contributed by atoms with Gasteiger partial charge >= 0.3 is 0 Å². The topological polar surface area (TPSA) is 86.8 Å². The first kappa shape index (κ1) is 21.8. The first-order valence-electron chi connectivity index (χ1n) is 9.26. The fraction of sp³-hybridized carbons (Fsp3) is 0.647. The Kier molecular flexibility index (Phi) is 9.19. The quantitative estimate of drug-likeness (QED) is 0.420. The van der Waals surface area contributed by atoms with Crippen molar-refractivity contribution < 1.29 is 13.2 Å². The monoisotopic (exact) mass is 415 g/mol. The van der Waals surface area contributed by atoms with E-state index in [2.05, 4.69) is 20.5 Å². The predicted molar refractivity (Wildman–Crippen MR) is 112 cm³/mol. The van der Waals surface area contributed by atoms with Crippen LogP contribution in [0.25, 0.3) is 0 Å². The molecule has 2 N–H and O–H groups in total. The Morgan fingerprint density at radius 3 is 2.63 bits per heavy atom. The first-order valence-corrected chi connectivity index (χ1v) is 11.3. The third-order valence-electron chi connectivity index (χ3n) is 4.21. The van der Waals surface area contributed by atoms with E-state index in [4.69, 9.17) is 17.0 Å². The molecule has 8 nitrogen and oxygen atoms in total. The minimum Gasteiger partial charge on any atom is -0.382 e. The molecule has 0 spiro atoms. The molecule has 2 rings (SSSR count). The van der Waals surface area contributed by atoms with E-state index >= 15 is 0 Å². The number of nitrogens with zero attached hydrogens (tertiary/aromatic N) is 3. The van der Waals surface area contributed by atoms with Crippen LogP contribution in [0.5, 0.6) is 0 Å². The molecule has 0 amide bonds. The molecule has 0 bridgehead atoms. The van der Waals surface area contributed by atoms with Crippen LogP contribution in [0.3, 0.4) is 0 Å². The van der Waals surface area contributed by atoms with Crippen molar-refractivity contribution >= 4 is 33.2 Å². The molecule has 1 fully saturated rings. The van der Waals surface area contributed by atoms with E-state index < -0.39 is 10.0 Å². The van der Waals surface area contributed by atoms with Crippen molar-refractivity contribution in [3.63, 3.8) is 0 Å². The third kappa shape index (κ3) is 7.57. The van der Waals surface area contributed by atoms with E-state index in [1.54, 1.807) is 10.5 Å². The lowest BCUT2D eigenvalue weighted by atomic mass is 10.3. The van der Waals surface area contributed by atoms with Gasteiger partial charge < -0.3 is 20.3 Å². The van der Waals surface area contributed by atoms with Gasteiger partial charge in [0, 0.05) is 58.7 Å². The molecule has 2 heterocycles. The minimum absolute atomic E-state index is 0.0252. The summed E-state index contributed by atoms with van der Waals surface area (Å²) in [5.74, 6) is 0.911. The van der Waals surface area contributed by atoms with E-state index in [9.17, 15) is 8.42 Å². The zero-order chi connectivity index (χ0) is 19.5. The molecule has 0 saturated carbocycles. The lowest BCUT2D eigenvalue weighted by Gasteiger charge is -2.34. The maximum absolute atomic E-state index is 12.5. The van der Waals surface area contributed by atoms with Gasteiger partial charge in [0.05, 0.1) is 5.75 Å². The normalized spacial score (nSPS) is 15.5. The van der Waals surface area contributed by atoms with Crippen LogP contribution in [0.2, 0.25) is 0 Å². The Bertz CT molecular complexity index is 664. The third-order valence-corrected chi connectivity index (χ3v) is 6.37. The summed E-state index contributed by atoms with van der Waals surface area (Å²) >= 11 is 5.16. The summed E-state index contributed by atoms with van der Waals surface area (Å²) in [6, 6.07) is 5.75. The number of ether oxygens (including phenoxy) is 1. The fourth-order valence-corrected chi connectivity index (χ4v) is 4.28. The fourth-order valence-electron chi connectivity index (χ4n) is 2.74. The molecule has 10 heteroatoms. The zero-order valence-corrected chi connectivity index (χ0v) is 17.4. The Balaban J connectivity index is 1.66. The van der Waals surface area contributed by atoms with Crippen LogP contribution in [0, 0.1) is 0 Å². The number of thiocarbonyl (C=S) groups is 1. The maximum Gasteiger partial charge on any atom is 0.215 e. The maximum atomic E-state index is 12.5. The van der Waals surface area contributed by atoms with Crippen molar-refractivity contribution in [2.24, 2.45) is 0 Å². The van der Waals surface area contributed by atoms with Gasteiger partial charge in [0.1, 0.15) is 5.82 Å². The van der Waals surface area contributed by atoms with Crippen LogP contribution in [-0.4, -0.2) is 81.1 Å². The Morgan fingerprint density at radius 2 is 1.96 bits per heavy atom. The second-order valence-electron chi connectivity index (χ2n) is 6.12. The van der Waals surface area contributed by atoms with Gasteiger partial charge in [-0.05, 0) is 37.7 Å². The van der Waals surface area contributed by atoms with Gasteiger partial charge in [0.2, 0.25) is 10.0 Å². The van der Waals surface area contributed by atoms with Crippen molar-refractivity contribution in [3.05, 3.63) is 24.4 Å². The van der Waals surface area contributed by atoms with Crippen LogP contribution in [-0.2, 0) is 14.8 Å². The molecule has 1 saturated heterocycles. The highest BCUT2D eigenvalue weighted by molar-refractivity contribution is 7.89. The highest BCUT2D eigenvalue weighted by atomic mass is 32.2. The highest BCUT2D eigenvalue weighted by Gasteiger charge is 2.27. The molecule has 27 heavy (non-hydrogen) atoms. The molecule has 1 aliphatic rings. The van der Waals surface area contributed by atoms with Crippen LogP contribution in [0.4, 0.5) is 5.82 Å². The van der Waals surface area contributed by atoms with Crippen molar-refractivity contribution in [2.75, 3.05) is 63.1 Å². The average molecular weight is 416 g/mol. The molecule has 152 valence electrons. The number of hydrogen-bond donors (Lipinski definition) is 2. The molecular weight excluding hydrogens is 386 g/mol. The molecule has 0 aliphatic carbocycles. The highest BCUT2D eigenvalue weighted by Crippen LogP contribution is 2.14. The molecule has 0 radical (unpaired) electrons. The Hall–Kier alpha value is -1.49. The van der Waals surface area contributed by atoms with E-state index in [1.807, 2.05) is 25.1 Å². The van der Waals surface area contributed by atoms with Crippen molar-refractivity contribution in [3.8, 4) is 0 Å². The lowest BCUT2D eigenvalue weighted by molar-refractivity contribution is 0.146. The molecule has 0 unspecified atom stereocenters. The first-order chi connectivity index (χ1) is 13.0. The van der Waals surface area contributed by atoms with Crippen LogP contribution in [0.15, 0.2) is 24.4 Å². The Labute approximate surface area is 167 Å². The number of anilines is 1. The molecule has 1 aromatic rings. The Morgan fingerprint density at radius 1 is 1.22 bits per heavy atom. The predicted octanol–water partition coefficient (Wildman–Crippen LogP) is 0.424. The van der Waals surface area contributed by atoms with E-state index in [-0.39, 0.29) is 5.75 Å². The van der Waals surface area contributed by atoms with Gasteiger partial charge in [-0.25, -0.2) is 13.4 Å². The van der Waals surface area contributed by atoms with E-state index in [0.29, 0.717) is 57.6 Å². The van der Waals surface area contributed by atoms with Gasteiger partial charge in [-0.15, -0.1) is 0 Å². The summed E-state index contributed by atoms with van der Waals surface area (Å²) in [5, 5.41) is 6.48. The van der Waals surface area contributed by atoms with Gasteiger partial charge in [-0.2, -0.15) is 4.31 Å². The average Bonchev–Trinajstić information content (AvgIpc) is 2.68. The molecule has 0 aromatic carbocycles. The van der Waals surface area contributed by atoms with Gasteiger partial charge in [-0.3, -0.25) is 0 Å². The number of hydrogen-bond acceptors (Lipinski definition) is 6. The summed E-state index contributed by atoms with van der Waals surface area (Å²) < 4.78 is 31.8. The standard InChI is InChI=1S/C17H29N5O3S2/c1-2-25-14-5-8-19-17(26)20-9-15-27(23,24)22-12-10-21(11-13-22)16-6-3-4-7-18-16/h3-4,6-7H,2,5,8-15H2,1H3,(H2,19,20,26). The van der Waals surface area contributed by atoms with Crippen molar-refractivity contribution in [1.29, 1.82) is 0 Å². The molecular formula is C17H29N5O3S2. The molecule has 0 atom stereocenters. The largest absolute Gasteiger partial charge is 0.382 e. The summed E-state index contributed by atoms with van der Waals surface area (Å²) in [6.45, 7) is 6.57. The van der Waals surface area contributed by atoms with Gasteiger partial charge in [-0.1, -0.05) is 6.07 Å². The number of piperazine rings is 1. The summed E-state index contributed by atoms with van der Waals surface area (Å²) in [7, 11) is -3.30. The van der Waals surface area contributed by atoms with Gasteiger partial charge in [0.15, 0.2) is 5.11 Å². The minimum atomic E-state index is -3.30. The van der Waals surface area contributed by atoms with Gasteiger partial charge in [0.25, 0.3) is 0 Å². The van der Waals surface area contributed by atoms with Crippen LogP contribution < -0.4 is 15.5 Å². The van der Waals surface area contributed by atoms with Crippen LogP contribution >= 0.6 is 12.2 Å². The molecule has 1 aromatic heterocycles.